The van der Waals surface area contributed by atoms with Crippen LogP contribution >= 0.6 is 12.2 Å². The molecular weight excluding hydrogens is 300 g/mol. The molecule has 0 aliphatic heterocycles. The van der Waals surface area contributed by atoms with Gasteiger partial charge in [-0.05, 0) is 85.7 Å². The van der Waals surface area contributed by atoms with Crippen molar-refractivity contribution in [3.63, 3.8) is 0 Å². The quantitative estimate of drug-likeness (QED) is 0.583. The van der Waals surface area contributed by atoms with Crippen molar-refractivity contribution in [1.29, 1.82) is 0 Å². The molecule has 0 aromatic rings. The number of nitrogens with one attached hydrogen (secondary N) is 2. The summed E-state index contributed by atoms with van der Waals surface area (Å²) in [5.41, 5.74) is 0.444. The van der Waals surface area contributed by atoms with Gasteiger partial charge in [0.25, 0.3) is 0 Å². The molecule has 0 saturated heterocycles. The Hall–Kier alpha value is -0.570. The molecule has 3 saturated carbocycles. The van der Waals surface area contributed by atoms with E-state index in [1.807, 2.05) is 0 Å². The molecule has 2 nitrogen and oxygen atoms in total. The Morgan fingerprint density at radius 3 is 2.70 bits per heavy atom. The van der Waals surface area contributed by atoms with Gasteiger partial charge in [0.2, 0.25) is 0 Å². The van der Waals surface area contributed by atoms with Gasteiger partial charge in [0.1, 0.15) is 0 Å². The molecule has 2 bridgehead atoms. The fraction of sp³-hybridized carbons (Fsp3) is 0.850. The third-order valence-electron chi connectivity index (χ3n) is 7.05. The predicted molar refractivity (Wildman–Crippen MR) is 100 cm³/mol. The summed E-state index contributed by atoms with van der Waals surface area (Å²) in [7, 11) is 0. The number of allylic oxidation sites excluding steroid dienone is 2. The Morgan fingerprint density at radius 2 is 1.91 bits per heavy atom. The molecule has 0 aromatic carbocycles. The van der Waals surface area contributed by atoms with Gasteiger partial charge in [-0.3, -0.25) is 0 Å². The van der Waals surface area contributed by atoms with E-state index in [0.717, 1.165) is 34.7 Å². The van der Waals surface area contributed by atoms with Crippen LogP contribution in [0, 0.1) is 35.0 Å². The number of hydrogen-bond donors (Lipinski definition) is 2. The van der Waals surface area contributed by atoms with Gasteiger partial charge in [-0.25, -0.2) is 0 Å². The summed E-state index contributed by atoms with van der Waals surface area (Å²) < 4.78 is 0. The second-order valence-electron chi connectivity index (χ2n) is 9.63. The lowest BCUT2D eigenvalue weighted by Gasteiger charge is -2.40. The van der Waals surface area contributed by atoms with Crippen LogP contribution in [0.5, 0.6) is 0 Å². The average Bonchev–Trinajstić information content (AvgIpc) is 3.06. The summed E-state index contributed by atoms with van der Waals surface area (Å²) in [6.07, 6.45) is 12.8. The highest BCUT2D eigenvalue weighted by Crippen LogP contribution is 2.56. The second kappa shape index (κ2) is 5.75. The number of thiocarbonyl (C=S) groups is 1. The van der Waals surface area contributed by atoms with E-state index in [4.69, 9.17) is 12.2 Å². The fourth-order valence-electron chi connectivity index (χ4n) is 6.56. The molecule has 4 rings (SSSR count). The van der Waals surface area contributed by atoms with Gasteiger partial charge in [0, 0.05) is 12.1 Å². The predicted octanol–water partition coefficient (Wildman–Crippen LogP) is 4.27. The van der Waals surface area contributed by atoms with Crippen LogP contribution < -0.4 is 10.6 Å². The minimum absolute atomic E-state index is 0.444. The summed E-state index contributed by atoms with van der Waals surface area (Å²) in [6.45, 7) is 7.18. The maximum atomic E-state index is 5.68. The van der Waals surface area contributed by atoms with Gasteiger partial charge in [0.15, 0.2) is 5.11 Å². The molecule has 7 atom stereocenters. The molecule has 0 radical (unpaired) electrons. The van der Waals surface area contributed by atoms with Crippen LogP contribution in [0.2, 0.25) is 0 Å². The van der Waals surface area contributed by atoms with Gasteiger partial charge >= 0.3 is 0 Å². The summed E-state index contributed by atoms with van der Waals surface area (Å²) in [5, 5.41) is 8.27. The van der Waals surface area contributed by atoms with Crippen molar-refractivity contribution in [2.75, 3.05) is 0 Å². The van der Waals surface area contributed by atoms with Crippen LogP contribution in [0.15, 0.2) is 12.2 Å². The molecule has 0 aromatic heterocycles. The van der Waals surface area contributed by atoms with E-state index in [1.165, 1.54) is 38.5 Å². The molecule has 4 aliphatic rings. The third kappa shape index (κ3) is 3.06. The lowest BCUT2D eigenvalue weighted by atomic mass is 9.71. The third-order valence-corrected chi connectivity index (χ3v) is 7.28. The lowest BCUT2D eigenvalue weighted by Crippen LogP contribution is -2.51. The number of rotatable bonds is 2. The SMILES string of the molecule is C[C@@H]1C[C@H](NC(=S)N[C@@H]2C[C@H]3C[C@H]2[C@@H]2C=CC[C@H]32)CC(C)(C)C1. The van der Waals surface area contributed by atoms with Crippen molar-refractivity contribution in [2.24, 2.45) is 35.0 Å². The molecule has 4 aliphatic carbocycles. The zero-order valence-corrected chi connectivity index (χ0v) is 15.7. The van der Waals surface area contributed by atoms with Crippen LogP contribution in [0.1, 0.15) is 59.3 Å². The van der Waals surface area contributed by atoms with E-state index in [1.54, 1.807) is 0 Å². The minimum Gasteiger partial charge on any atom is -0.360 e. The van der Waals surface area contributed by atoms with Crippen molar-refractivity contribution in [3.8, 4) is 0 Å². The second-order valence-corrected chi connectivity index (χ2v) is 10.0. The van der Waals surface area contributed by atoms with Gasteiger partial charge < -0.3 is 10.6 Å². The van der Waals surface area contributed by atoms with Crippen LogP contribution in [0.3, 0.4) is 0 Å². The smallest absolute Gasteiger partial charge is 0.166 e. The zero-order chi connectivity index (χ0) is 16.2. The zero-order valence-electron chi connectivity index (χ0n) is 14.8. The van der Waals surface area contributed by atoms with Gasteiger partial charge in [-0.15, -0.1) is 0 Å². The first-order valence-electron chi connectivity index (χ1n) is 9.65. The highest BCUT2D eigenvalue weighted by molar-refractivity contribution is 7.80. The fourth-order valence-corrected chi connectivity index (χ4v) is 6.88. The van der Waals surface area contributed by atoms with Crippen molar-refractivity contribution >= 4 is 17.3 Å². The van der Waals surface area contributed by atoms with E-state index < -0.39 is 0 Å². The highest BCUT2D eigenvalue weighted by atomic mass is 32.1. The van der Waals surface area contributed by atoms with E-state index in [2.05, 4.69) is 43.6 Å². The number of fused-ring (bicyclic) bond motifs is 5. The van der Waals surface area contributed by atoms with Gasteiger partial charge in [-0.2, -0.15) is 0 Å². The van der Waals surface area contributed by atoms with Crippen molar-refractivity contribution in [1.82, 2.24) is 10.6 Å². The van der Waals surface area contributed by atoms with Crippen LogP contribution in [-0.2, 0) is 0 Å². The van der Waals surface area contributed by atoms with E-state index >= 15 is 0 Å². The molecule has 23 heavy (non-hydrogen) atoms. The Morgan fingerprint density at radius 1 is 1.09 bits per heavy atom. The Balaban J connectivity index is 1.32. The first-order chi connectivity index (χ1) is 10.9. The van der Waals surface area contributed by atoms with Crippen LogP contribution in [-0.4, -0.2) is 17.2 Å². The minimum atomic E-state index is 0.444. The van der Waals surface area contributed by atoms with E-state index in [9.17, 15) is 0 Å². The molecule has 3 fully saturated rings. The van der Waals surface area contributed by atoms with E-state index in [-0.39, 0.29) is 0 Å². The Labute approximate surface area is 146 Å². The lowest BCUT2D eigenvalue weighted by molar-refractivity contribution is 0.161. The number of hydrogen-bond acceptors (Lipinski definition) is 1. The standard InChI is InChI=1S/C20H32N2S/c1-12-7-14(11-20(2,3)10-12)21-19(23)22-18-9-13-8-17(18)16-6-4-5-15(13)16/h4,6,12-18H,5,7-11H2,1-3H3,(H2,21,22,23)/t12-,13-,14+,15-,16-,17+,18-/m1/s1. The summed E-state index contributed by atoms with van der Waals surface area (Å²) in [6, 6.07) is 1.16. The summed E-state index contributed by atoms with van der Waals surface area (Å²) in [4.78, 5) is 0. The summed E-state index contributed by atoms with van der Waals surface area (Å²) in [5.74, 6) is 4.35. The van der Waals surface area contributed by atoms with Gasteiger partial charge in [-0.1, -0.05) is 32.9 Å². The topological polar surface area (TPSA) is 24.1 Å². The monoisotopic (exact) mass is 332 g/mol. The average molecular weight is 333 g/mol. The van der Waals surface area contributed by atoms with Crippen LogP contribution in [0.4, 0.5) is 0 Å². The van der Waals surface area contributed by atoms with Crippen LogP contribution in [0.25, 0.3) is 0 Å². The Bertz CT molecular complexity index is 512. The highest BCUT2D eigenvalue weighted by Gasteiger charge is 2.52. The largest absolute Gasteiger partial charge is 0.360 e. The maximum Gasteiger partial charge on any atom is 0.166 e. The molecule has 0 spiro atoms. The van der Waals surface area contributed by atoms with Gasteiger partial charge in [0.05, 0.1) is 0 Å². The first kappa shape index (κ1) is 15.9. The molecule has 2 N–H and O–H groups in total. The van der Waals surface area contributed by atoms with Crippen molar-refractivity contribution < 1.29 is 0 Å². The maximum absolute atomic E-state index is 5.68. The first-order valence-corrected chi connectivity index (χ1v) is 10.1. The normalized spacial score (nSPS) is 46.7. The Kier molecular flexibility index (Phi) is 3.98. The molecule has 0 heterocycles. The molecule has 3 heteroatoms. The molecule has 0 amide bonds. The summed E-state index contributed by atoms with van der Waals surface area (Å²) >= 11 is 5.68. The van der Waals surface area contributed by atoms with Crippen molar-refractivity contribution in [2.45, 2.75) is 71.4 Å². The van der Waals surface area contributed by atoms with Crippen molar-refractivity contribution in [3.05, 3.63) is 12.2 Å². The molecular formula is C20H32N2S. The van der Waals surface area contributed by atoms with E-state index in [0.29, 0.717) is 17.5 Å². The molecule has 0 unspecified atom stereocenters. The molecule has 128 valence electrons.